The number of aromatic nitrogens is 4. The van der Waals surface area contributed by atoms with Crippen LogP contribution in [0.1, 0.15) is 39.3 Å². The lowest BCUT2D eigenvalue weighted by atomic mass is 9.68. The van der Waals surface area contributed by atoms with Crippen LogP contribution in [0.4, 0.5) is 0 Å². The van der Waals surface area contributed by atoms with E-state index in [0.29, 0.717) is 25.0 Å². The van der Waals surface area contributed by atoms with Crippen LogP contribution in [0.5, 0.6) is 5.75 Å². The maximum absolute atomic E-state index is 14.6. The summed E-state index contributed by atoms with van der Waals surface area (Å²) in [5.74, 6) is -0.228. The van der Waals surface area contributed by atoms with E-state index in [1.165, 1.54) is 11.8 Å². The van der Waals surface area contributed by atoms with Crippen molar-refractivity contribution in [1.82, 2.24) is 25.3 Å². The lowest BCUT2D eigenvalue weighted by Gasteiger charge is -2.43. The number of methoxy groups -OCH3 is 1. The Kier molecular flexibility index (Phi) is 6.79. The van der Waals surface area contributed by atoms with Crippen LogP contribution in [0.15, 0.2) is 65.7 Å². The van der Waals surface area contributed by atoms with Crippen molar-refractivity contribution in [1.29, 1.82) is 0 Å². The Labute approximate surface area is 226 Å². The van der Waals surface area contributed by atoms with Crippen LogP contribution in [-0.4, -0.2) is 46.8 Å². The SMILES string of the molecule is COc1ccccc1C(=O)NC(C1(c2ccccc2)CCc2[nH]ncc2C1)S(=O)(=O)c1c(C)nn(C)c1Cl. The Balaban J connectivity index is 1.74. The highest BCUT2D eigenvalue weighted by atomic mass is 35.5. The van der Waals surface area contributed by atoms with Crippen LogP contribution in [0.25, 0.3) is 0 Å². The fraction of sp³-hybridized carbons (Fsp3) is 0.296. The molecule has 2 heterocycles. The van der Waals surface area contributed by atoms with Gasteiger partial charge in [-0.2, -0.15) is 10.2 Å². The number of fused-ring (bicyclic) bond motifs is 1. The van der Waals surface area contributed by atoms with E-state index in [-0.39, 0.29) is 21.3 Å². The van der Waals surface area contributed by atoms with Gasteiger partial charge in [-0.1, -0.05) is 54.1 Å². The summed E-state index contributed by atoms with van der Waals surface area (Å²) in [5.41, 5.74) is 2.11. The van der Waals surface area contributed by atoms with Gasteiger partial charge in [-0.15, -0.1) is 0 Å². The summed E-state index contributed by atoms with van der Waals surface area (Å²) in [7, 11) is -1.22. The van der Waals surface area contributed by atoms with Gasteiger partial charge in [0.25, 0.3) is 5.91 Å². The quantitative estimate of drug-likeness (QED) is 0.359. The van der Waals surface area contributed by atoms with Gasteiger partial charge in [0.15, 0.2) is 0 Å². The van der Waals surface area contributed by atoms with Gasteiger partial charge in [0.1, 0.15) is 21.2 Å². The average Bonchev–Trinajstić information content (AvgIpc) is 3.49. The second-order valence-electron chi connectivity index (χ2n) is 9.50. The molecule has 4 aromatic rings. The molecule has 0 saturated carbocycles. The van der Waals surface area contributed by atoms with E-state index in [0.717, 1.165) is 16.8 Å². The minimum absolute atomic E-state index is 0.0120. The van der Waals surface area contributed by atoms with Gasteiger partial charge in [-0.05, 0) is 49.4 Å². The number of H-pyrrole nitrogens is 1. The zero-order chi connectivity index (χ0) is 27.1. The van der Waals surface area contributed by atoms with Crippen LogP contribution in [-0.2, 0) is 35.1 Å². The van der Waals surface area contributed by atoms with Gasteiger partial charge in [0.05, 0.1) is 24.6 Å². The van der Waals surface area contributed by atoms with Crippen LogP contribution in [0.2, 0.25) is 5.15 Å². The number of para-hydroxylation sites is 1. The van der Waals surface area contributed by atoms with Gasteiger partial charge in [0, 0.05) is 18.2 Å². The first-order valence-electron chi connectivity index (χ1n) is 12.1. The summed E-state index contributed by atoms with van der Waals surface area (Å²) in [5, 5.41) is 13.0. The average molecular weight is 554 g/mol. The van der Waals surface area contributed by atoms with Crippen molar-refractivity contribution >= 4 is 27.3 Å². The zero-order valence-corrected chi connectivity index (χ0v) is 22.8. The first-order chi connectivity index (χ1) is 18.2. The van der Waals surface area contributed by atoms with Crippen LogP contribution in [0, 0.1) is 6.92 Å². The highest BCUT2D eigenvalue weighted by molar-refractivity contribution is 7.92. The number of hydrogen-bond acceptors (Lipinski definition) is 6. The molecule has 5 rings (SSSR count). The predicted octanol–water partition coefficient (Wildman–Crippen LogP) is 3.77. The van der Waals surface area contributed by atoms with Gasteiger partial charge in [0.2, 0.25) is 9.84 Å². The highest BCUT2D eigenvalue weighted by Gasteiger charge is 2.52. The van der Waals surface area contributed by atoms with E-state index < -0.39 is 26.5 Å². The first kappa shape index (κ1) is 26.0. The van der Waals surface area contributed by atoms with Crippen molar-refractivity contribution in [3.63, 3.8) is 0 Å². The molecule has 0 aliphatic heterocycles. The number of nitrogens with zero attached hydrogens (tertiary/aromatic N) is 3. The number of amides is 1. The van der Waals surface area contributed by atoms with E-state index in [1.54, 1.807) is 44.4 Å². The lowest BCUT2D eigenvalue weighted by Crippen LogP contribution is -2.57. The number of carbonyl (C=O) groups excluding carboxylic acids is 1. The Morgan fingerprint density at radius 3 is 2.58 bits per heavy atom. The highest BCUT2D eigenvalue weighted by Crippen LogP contribution is 2.45. The molecule has 38 heavy (non-hydrogen) atoms. The maximum Gasteiger partial charge on any atom is 0.256 e. The largest absolute Gasteiger partial charge is 0.496 e. The van der Waals surface area contributed by atoms with Crippen LogP contribution in [0.3, 0.4) is 0 Å². The Hall–Kier alpha value is -3.63. The second kappa shape index (κ2) is 9.92. The summed E-state index contributed by atoms with van der Waals surface area (Å²) in [6.45, 7) is 1.60. The predicted molar refractivity (Wildman–Crippen MR) is 143 cm³/mol. The fourth-order valence-corrected chi connectivity index (χ4v) is 8.21. The maximum atomic E-state index is 14.6. The number of sulfone groups is 1. The molecule has 1 aliphatic rings. The molecule has 9 nitrogen and oxygen atoms in total. The number of rotatable bonds is 7. The Morgan fingerprint density at radius 2 is 1.89 bits per heavy atom. The molecule has 2 atom stereocenters. The molecule has 1 amide bonds. The molecule has 0 radical (unpaired) electrons. The van der Waals surface area contributed by atoms with Gasteiger partial charge < -0.3 is 10.1 Å². The Morgan fingerprint density at radius 1 is 1.18 bits per heavy atom. The number of aromatic amines is 1. The van der Waals surface area contributed by atoms with Crippen molar-refractivity contribution in [2.45, 2.75) is 41.9 Å². The number of aryl methyl sites for hydroxylation is 3. The second-order valence-corrected chi connectivity index (χ2v) is 11.8. The van der Waals surface area contributed by atoms with E-state index in [4.69, 9.17) is 16.3 Å². The summed E-state index contributed by atoms with van der Waals surface area (Å²) in [4.78, 5) is 13.7. The molecule has 11 heteroatoms. The summed E-state index contributed by atoms with van der Waals surface area (Å²) in [6.07, 6.45) is 3.07. The van der Waals surface area contributed by atoms with E-state index in [9.17, 15) is 13.2 Å². The molecule has 0 fully saturated rings. The summed E-state index contributed by atoms with van der Waals surface area (Å²) < 4.78 is 36.0. The molecular formula is C27H28ClN5O4S. The van der Waals surface area contributed by atoms with Crippen LogP contribution < -0.4 is 10.1 Å². The smallest absolute Gasteiger partial charge is 0.256 e. The zero-order valence-electron chi connectivity index (χ0n) is 21.2. The van der Waals surface area contributed by atoms with Crippen LogP contribution >= 0.6 is 11.6 Å². The van der Waals surface area contributed by atoms with E-state index in [1.807, 2.05) is 30.3 Å². The molecule has 0 bridgehead atoms. The third kappa shape index (κ3) is 4.27. The number of hydrogen-bond donors (Lipinski definition) is 2. The fourth-order valence-electron chi connectivity index (χ4n) is 5.47. The van der Waals surface area contributed by atoms with Gasteiger partial charge in [-0.25, -0.2) is 8.42 Å². The number of ether oxygens (including phenoxy) is 1. The molecule has 2 aromatic heterocycles. The molecule has 0 saturated heterocycles. The molecule has 2 aromatic carbocycles. The lowest BCUT2D eigenvalue weighted by molar-refractivity contribution is 0.0926. The molecule has 198 valence electrons. The number of halogens is 1. The van der Waals surface area contributed by atoms with Crippen molar-refractivity contribution in [3.8, 4) is 5.75 Å². The number of nitrogens with one attached hydrogen (secondary N) is 2. The van der Waals surface area contributed by atoms with E-state index in [2.05, 4.69) is 20.6 Å². The molecule has 1 aliphatic carbocycles. The summed E-state index contributed by atoms with van der Waals surface area (Å²) >= 11 is 6.51. The van der Waals surface area contributed by atoms with Crippen molar-refractivity contribution in [2.75, 3.05) is 7.11 Å². The normalized spacial score (nSPS) is 18.0. The third-order valence-corrected chi connectivity index (χ3v) is 10.1. The number of benzene rings is 2. The third-order valence-electron chi connectivity index (χ3n) is 7.29. The van der Waals surface area contributed by atoms with E-state index >= 15 is 0 Å². The van der Waals surface area contributed by atoms with Crippen molar-refractivity contribution < 1.29 is 17.9 Å². The molecule has 0 spiro atoms. The monoisotopic (exact) mass is 553 g/mol. The minimum atomic E-state index is -4.27. The van der Waals surface area contributed by atoms with Crippen molar-refractivity contribution in [3.05, 3.63) is 94.0 Å². The molecular weight excluding hydrogens is 526 g/mol. The first-order valence-corrected chi connectivity index (χ1v) is 14.0. The van der Waals surface area contributed by atoms with Gasteiger partial charge >= 0.3 is 0 Å². The summed E-state index contributed by atoms with van der Waals surface area (Å²) in [6, 6.07) is 16.1. The Bertz CT molecular complexity index is 1600. The minimum Gasteiger partial charge on any atom is -0.496 e. The topological polar surface area (TPSA) is 119 Å². The van der Waals surface area contributed by atoms with Crippen molar-refractivity contribution in [2.24, 2.45) is 7.05 Å². The molecule has 2 N–H and O–H groups in total. The van der Waals surface area contributed by atoms with Gasteiger partial charge in [-0.3, -0.25) is 14.6 Å². The molecule has 2 unspecified atom stereocenters. The standard InChI is InChI=1S/C27H28ClN5O4S/c1-17-23(24(28)33(2)32-17)38(35,36)26(30-25(34)20-11-7-8-12-22(20)37-3)27(19-9-5-4-6-10-19)14-13-21-18(15-27)16-29-31-21/h4-12,16,26H,13-15H2,1-3H3,(H,29,31)(H,30,34). The number of carbonyl (C=O) groups is 1.